The van der Waals surface area contributed by atoms with Crippen molar-refractivity contribution in [3.8, 4) is 11.8 Å². The number of hydrogen-bond acceptors (Lipinski definition) is 6. The summed E-state index contributed by atoms with van der Waals surface area (Å²) in [5.74, 6) is -0.357. The first-order valence-electron chi connectivity index (χ1n) is 11.7. The summed E-state index contributed by atoms with van der Waals surface area (Å²) >= 11 is 7.40. The summed E-state index contributed by atoms with van der Waals surface area (Å²) < 4.78 is 11.0. The van der Waals surface area contributed by atoms with Crippen molar-refractivity contribution >= 4 is 45.9 Å². The van der Waals surface area contributed by atoms with E-state index < -0.39 is 11.9 Å². The molecule has 1 aliphatic rings. The summed E-state index contributed by atoms with van der Waals surface area (Å²) in [7, 11) is 0. The number of carbonyl (C=O) groups excluding carboxylic acids is 2. The highest BCUT2D eigenvalue weighted by Gasteiger charge is 2.27. The van der Waals surface area contributed by atoms with Gasteiger partial charge in [0.15, 0.2) is 0 Å². The van der Waals surface area contributed by atoms with E-state index in [2.05, 4.69) is 5.32 Å². The lowest BCUT2D eigenvalue weighted by atomic mass is 9.95. The minimum atomic E-state index is -0.567. The largest absolute Gasteiger partial charge is 0.489 e. The maximum Gasteiger partial charge on any atom is 0.341 e. The van der Waals surface area contributed by atoms with E-state index in [1.54, 1.807) is 37.3 Å². The lowest BCUT2D eigenvalue weighted by Crippen LogP contribution is -2.16. The molecule has 1 N–H and O–H groups in total. The second kappa shape index (κ2) is 11.9. The van der Waals surface area contributed by atoms with Crippen LogP contribution in [0.3, 0.4) is 0 Å². The van der Waals surface area contributed by atoms with Crippen LogP contribution in [0.15, 0.2) is 54.1 Å². The number of nitriles is 1. The van der Waals surface area contributed by atoms with E-state index in [1.807, 2.05) is 24.3 Å². The molecule has 36 heavy (non-hydrogen) atoms. The number of thiophene rings is 1. The van der Waals surface area contributed by atoms with Crippen LogP contribution in [0.25, 0.3) is 6.08 Å². The Morgan fingerprint density at radius 1 is 1.17 bits per heavy atom. The molecule has 0 radical (unpaired) electrons. The van der Waals surface area contributed by atoms with Gasteiger partial charge >= 0.3 is 5.97 Å². The summed E-state index contributed by atoms with van der Waals surface area (Å²) in [5.41, 5.74) is 2.93. The monoisotopic (exact) mass is 520 g/mol. The molecule has 8 heteroatoms. The molecule has 1 aromatic heterocycles. The molecule has 0 atom stereocenters. The Hall–Kier alpha value is -3.60. The second-order valence-corrected chi connectivity index (χ2v) is 9.79. The van der Waals surface area contributed by atoms with Crippen LogP contribution in [0.2, 0.25) is 5.02 Å². The Morgan fingerprint density at radius 2 is 1.94 bits per heavy atom. The predicted molar refractivity (Wildman–Crippen MR) is 141 cm³/mol. The van der Waals surface area contributed by atoms with Crippen molar-refractivity contribution in [3.05, 3.63) is 86.3 Å². The summed E-state index contributed by atoms with van der Waals surface area (Å²) in [6.07, 6.45) is 5.20. The third-order valence-electron chi connectivity index (χ3n) is 5.73. The molecule has 0 bridgehead atoms. The van der Waals surface area contributed by atoms with Crippen LogP contribution in [0.5, 0.6) is 5.75 Å². The van der Waals surface area contributed by atoms with Gasteiger partial charge in [-0.15, -0.1) is 11.3 Å². The Morgan fingerprint density at radius 3 is 2.67 bits per heavy atom. The lowest BCUT2D eigenvalue weighted by molar-refractivity contribution is -0.112. The molecule has 0 saturated heterocycles. The van der Waals surface area contributed by atoms with E-state index in [0.29, 0.717) is 33.5 Å². The first-order valence-corrected chi connectivity index (χ1v) is 12.9. The van der Waals surface area contributed by atoms with E-state index in [-0.39, 0.29) is 12.2 Å². The predicted octanol–water partition coefficient (Wildman–Crippen LogP) is 6.58. The zero-order valence-electron chi connectivity index (χ0n) is 19.8. The van der Waals surface area contributed by atoms with Crippen LogP contribution in [0, 0.1) is 11.3 Å². The molecule has 0 unspecified atom stereocenters. The van der Waals surface area contributed by atoms with Crippen LogP contribution < -0.4 is 10.1 Å². The molecule has 2 aromatic carbocycles. The molecule has 3 aromatic rings. The average Bonchev–Trinajstić information content (AvgIpc) is 3.24. The van der Waals surface area contributed by atoms with E-state index in [0.717, 1.165) is 41.7 Å². The number of aryl methyl sites for hydroxylation is 1. The van der Waals surface area contributed by atoms with Crippen molar-refractivity contribution in [1.29, 1.82) is 5.26 Å². The van der Waals surface area contributed by atoms with E-state index in [4.69, 9.17) is 21.1 Å². The number of anilines is 1. The van der Waals surface area contributed by atoms with E-state index in [1.165, 1.54) is 17.4 Å². The minimum Gasteiger partial charge on any atom is -0.489 e. The lowest BCUT2D eigenvalue weighted by Gasteiger charge is -2.12. The Labute approximate surface area is 219 Å². The Bertz CT molecular complexity index is 1340. The molecule has 0 fully saturated rings. The van der Waals surface area contributed by atoms with Gasteiger partial charge in [0, 0.05) is 9.90 Å². The number of ether oxygens (including phenoxy) is 2. The zero-order chi connectivity index (χ0) is 25.5. The van der Waals surface area contributed by atoms with Gasteiger partial charge in [0.05, 0.1) is 12.2 Å². The quantitative estimate of drug-likeness (QED) is 0.206. The van der Waals surface area contributed by atoms with Crippen LogP contribution in [-0.2, 0) is 29.0 Å². The second-order valence-electron chi connectivity index (χ2n) is 8.25. The smallest absolute Gasteiger partial charge is 0.341 e. The fourth-order valence-corrected chi connectivity index (χ4v) is 5.50. The molecule has 1 amide bonds. The molecule has 4 rings (SSSR count). The van der Waals surface area contributed by atoms with Gasteiger partial charge in [0.1, 0.15) is 29.0 Å². The van der Waals surface area contributed by atoms with Crippen LogP contribution in [0.1, 0.15) is 51.7 Å². The number of nitrogens with zero attached hydrogens (tertiary/aromatic N) is 1. The van der Waals surface area contributed by atoms with Gasteiger partial charge in [-0.25, -0.2) is 4.79 Å². The number of fused-ring (bicyclic) bond motifs is 1. The molecule has 0 spiro atoms. The minimum absolute atomic E-state index is 0.0659. The molecule has 6 nitrogen and oxygen atoms in total. The normalized spacial score (nSPS) is 12.9. The van der Waals surface area contributed by atoms with Gasteiger partial charge in [-0.1, -0.05) is 35.9 Å². The third kappa shape index (κ3) is 6.14. The summed E-state index contributed by atoms with van der Waals surface area (Å²) in [6, 6.07) is 16.5. The maximum atomic E-state index is 13.0. The van der Waals surface area contributed by atoms with Gasteiger partial charge in [-0.3, -0.25) is 4.79 Å². The molecule has 0 aliphatic heterocycles. The number of amides is 1. The zero-order valence-corrected chi connectivity index (χ0v) is 21.4. The Balaban J connectivity index is 1.47. The van der Waals surface area contributed by atoms with Gasteiger partial charge < -0.3 is 14.8 Å². The first-order chi connectivity index (χ1) is 17.5. The number of rotatable bonds is 8. The fourth-order valence-electron chi connectivity index (χ4n) is 4.01. The fraction of sp³-hybridized carbons (Fsp3) is 0.250. The van der Waals surface area contributed by atoms with E-state index >= 15 is 0 Å². The third-order valence-corrected chi connectivity index (χ3v) is 7.17. The number of esters is 1. The van der Waals surface area contributed by atoms with Crippen molar-refractivity contribution in [3.63, 3.8) is 0 Å². The van der Waals surface area contributed by atoms with Gasteiger partial charge in [-0.2, -0.15) is 5.26 Å². The number of hydrogen-bond donors (Lipinski definition) is 1. The highest BCUT2D eigenvalue weighted by Crippen LogP contribution is 2.38. The van der Waals surface area contributed by atoms with Crippen LogP contribution in [-0.4, -0.2) is 18.5 Å². The number of carbonyl (C=O) groups is 2. The molecule has 1 heterocycles. The van der Waals surface area contributed by atoms with Crippen LogP contribution >= 0.6 is 22.9 Å². The van der Waals surface area contributed by atoms with Crippen molar-refractivity contribution in [2.24, 2.45) is 0 Å². The highest BCUT2D eigenvalue weighted by molar-refractivity contribution is 7.17. The summed E-state index contributed by atoms with van der Waals surface area (Å²) in [4.78, 5) is 26.7. The molecular formula is C28H25ClN2O4S. The summed E-state index contributed by atoms with van der Waals surface area (Å²) in [5, 5.41) is 13.5. The van der Waals surface area contributed by atoms with Crippen molar-refractivity contribution < 1.29 is 19.1 Å². The van der Waals surface area contributed by atoms with Gasteiger partial charge in [0.25, 0.3) is 5.91 Å². The molecule has 0 saturated carbocycles. The van der Waals surface area contributed by atoms with Crippen LogP contribution in [0.4, 0.5) is 5.00 Å². The number of nitrogens with one attached hydrogen (secondary N) is 1. The molecular weight excluding hydrogens is 496 g/mol. The standard InChI is InChI=1S/C28H25ClN2O4S/c1-2-34-28(33)25-23-8-3-4-9-24(23)36-27(25)31-26(32)20(16-30)14-18-10-12-22(13-11-18)35-17-19-6-5-7-21(29)15-19/h5-7,10-15H,2-4,8-9,17H2,1H3,(H,31,32)/b20-14+. The average molecular weight is 521 g/mol. The topological polar surface area (TPSA) is 88.4 Å². The molecule has 184 valence electrons. The van der Waals surface area contributed by atoms with E-state index in [9.17, 15) is 14.9 Å². The van der Waals surface area contributed by atoms with Gasteiger partial charge in [-0.05, 0) is 79.6 Å². The molecule has 1 aliphatic carbocycles. The maximum absolute atomic E-state index is 13.0. The highest BCUT2D eigenvalue weighted by atomic mass is 35.5. The van der Waals surface area contributed by atoms with Gasteiger partial charge in [0.2, 0.25) is 0 Å². The summed E-state index contributed by atoms with van der Waals surface area (Å²) in [6.45, 7) is 2.37. The number of halogens is 1. The van der Waals surface area contributed by atoms with Crippen molar-refractivity contribution in [2.75, 3.05) is 11.9 Å². The SMILES string of the molecule is CCOC(=O)c1c(NC(=O)/C(C#N)=C/c2ccc(OCc3cccc(Cl)c3)cc2)sc2c1CCCC2. The first kappa shape index (κ1) is 25.5. The van der Waals surface area contributed by atoms with Crippen molar-refractivity contribution in [2.45, 2.75) is 39.2 Å². The number of benzene rings is 2. The van der Waals surface area contributed by atoms with Crippen molar-refractivity contribution in [1.82, 2.24) is 0 Å². The Kier molecular flexibility index (Phi) is 8.42.